The van der Waals surface area contributed by atoms with Gasteiger partial charge in [0.15, 0.2) is 0 Å². The van der Waals surface area contributed by atoms with Crippen LogP contribution in [0.2, 0.25) is 0 Å². The second-order valence-electron chi connectivity index (χ2n) is 8.40. The molecule has 0 atom stereocenters. The smallest absolute Gasteiger partial charge is 0.224 e. The van der Waals surface area contributed by atoms with Crippen LogP contribution in [0.1, 0.15) is 55.5 Å². The second-order valence-corrected chi connectivity index (χ2v) is 8.40. The molecule has 0 spiro atoms. The number of carbonyl (C=O) groups is 1. The minimum absolute atomic E-state index is 0.223. The van der Waals surface area contributed by atoms with Crippen molar-refractivity contribution in [2.45, 2.75) is 71.5 Å². The maximum Gasteiger partial charge on any atom is 0.224 e. The topological polar surface area (TPSA) is 47.4 Å². The Bertz CT molecular complexity index is 804. The molecule has 0 radical (unpaired) electrons. The van der Waals surface area contributed by atoms with E-state index in [-0.39, 0.29) is 5.91 Å². The van der Waals surface area contributed by atoms with E-state index in [0.717, 1.165) is 42.5 Å². The first-order chi connectivity index (χ1) is 13.6. The lowest BCUT2D eigenvalue weighted by atomic mass is 9.86. The summed E-state index contributed by atoms with van der Waals surface area (Å²) in [6, 6.07) is 10.7. The van der Waals surface area contributed by atoms with Gasteiger partial charge in [-0.25, -0.2) is 0 Å². The molecule has 150 valence electrons. The minimum Gasteiger partial charge on any atom is -0.493 e. The van der Waals surface area contributed by atoms with Crippen LogP contribution in [0.25, 0.3) is 0 Å². The summed E-state index contributed by atoms with van der Waals surface area (Å²) in [5.74, 6) is 1.90. The normalized spacial score (nSPS) is 16.6. The summed E-state index contributed by atoms with van der Waals surface area (Å²) in [6.45, 7) is 6.19. The Morgan fingerprint density at radius 2 is 1.93 bits per heavy atom. The first kappa shape index (κ1) is 19.0. The number of nitrogens with zero attached hydrogens (tertiary/aromatic N) is 3. The predicted octanol–water partition coefficient (Wildman–Crippen LogP) is 4.26. The van der Waals surface area contributed by atoms with Gasteiger partial charge < -0.3 is 9.64 Å². The number of carbonyl (C=O) groups excluding carboxylic acids is 1. The van der Waals surface area contributed by atoms with Crippen LogP contribution in [0.3, 0.4) is 0 Å². The number of aromatic nitrogens is 2. The number of benzene rings is 1. The molecule has 28 heavy (non-hydrogen) atoms. The van der Waals surface area contributed by atoms with Gasteiger partial charge in [-0.3, -0.25) is 9.48 Å². The second kappa shape index (κ2) is 8.38. The number of aryl methyl sites for hydroxylation is 3. The number of hydrogen-bond donors (Lipinski definition) is 0. The van der Waals surface area contributed by atoms with E-state index < -0.39 is 0 Å². The van der Waals surface area contributed by atoms with Gasteiger partial charge in [0, 0.05) is 31.2 Å². The molecule has 0 bridgehead atoms. The van der Waals surface area contributed by atoms with E-state index in [1.807, 2.05) is 30.7 Å². The van der Waals surface area contributed by atoms with Crippen LogP contribution in [-0.2, 0) is 17.9 Å². The molecule has 2 aliphatic carbocycles. The highest BCUT2D eigenvalue weighted by atomic mass is 16.5. The fraction of sp³-hybridized carbons (Fsp3) is 0.565. The average molecular weight is 382 g/mol. The van der Waals surface area contributed by atoms with Crippen LogP contribution >= 0.6 is 0 Å². The first-order valence-electron chi connectivity index (χ1n) is 10.6. The van der Waals surface area contributed by atoms with Crippen LogP contribution in [0.5, 0.6) is 5.75 Å². The molecule has 0 N–H and O–H groups in total. The molecule has 5 heteroatoms. The number of rotatable bonds is 9. The van der Waals surface area contributed by atoms with Crippen molar-refractivity contribution in [2.24, 2.45) is 5.92 Å². The van der Waals surface area contributed by atoms with E-state index in [1.54, 1.807) is 0 Å². The SMILES string of the molecule is Cc1cc(C)n(CCC(=O)N(Cc2ccc(OCC3CCC3)cc2)C2CC2)n1. The minimum atomic E-state index is 0.223. The van der Waals surface area contributed by atoms with Crippen molar-refractivity contribution < 1.29 is 9.53 Å². The lowest BCUT2D eigenvalue weighted by molar-refractivity contribution is -0.132. The van der Waals surface area contributed by atoms with E-state index in [9.17, 15) is 4.79 Å². The lowest BCUT2D eigenvalue weighted by Gasteiger charge is -2.25. The van der Waals surface area contributed by atoms with Crippen molar-refractivity contribution in [2.75, 3.05) is 6.61 Å². The zero-order chi connectivity index (χ0) is 19.5. The predicted molar refractivity (Wildman–Crippen MR) is 109 cm³/mol. The van der Waals surface area contributed by atoms with Gasteiger partial charge in [-0.05, 0) is 69.2 Å². The third-order valence-electron chi connectivity index (χ3n) is 5.94. The Morgan fingerprint density at radius 1 is 1.18 bits per heavy atom. The summed E-state index contributed by atoms with van der Waals surface area (Å²) in [7, 11) is 0. The van der Waals surface area contributed by atoms with E-state index in [2.05, 4.69) is 28.2 Å². The van der Waals surface area contributed by atoms with Gasteiger partial charge in [-0.2, -0.15) is 5.10 Å². The van der Waals surface area contributed by atoms with E-state index in [0.29, 0.717) is 25.6 Å². The zero-order valence-corrected chi connectivity index (χ0v) is 17.1. The third-order valence-corrected chi connectivity index (χ3v) is 5.94. The Hall–Kier alpha value is -2.30. The molecule has 1 aromatic carbocycles. The van der Waals surface area contributed by atoms with Gasteiger partial charge in [-0.1, -0.05) is 18.6 Å². The van der Waals surface area contributed by atoms with Crippen molar-refractivity contribution in [3.05, 3.63) is 47.3 Å². The Morgan fingerprint density at radius 3 is 2.50 bits per heavy atom. The molecule has 4 rings (SSSR count). The van der Waals surface area contributed by atoms with Crippen LogP contribution in [0, 0.1) is 19.8 Å². The molecule has 2 saturated carbocycles. The van der Waals surface area contributed by atoms with Gasteiger partial charge in [0.2, 0.25) is 5.91 Å². The Kier molecular flexibility index (Phi) is 5.69. The van der Waals surface area contributed by atoms with E-state index >= 15 is 0 Å². The standard InChI is InChI=1S/C23H31N3O2/c1-17-14-18(2)26(24-17)13-12-23(27)25(21-8-9-21)15-19-6-10-22(11-7-19)28-16-20-4-3-5-20/h6-7,10-11,14,20-21H,3-5,8-9,12-13,15-16H2,1-2H3. The number of amides is 1. The van der Waals surface area contributed by atoms with Gasteiger partial charge >= 0.3 is 0 Å². The molecule has 0 unspecified atom stereocenters. The fourth-order valence-corrected chi connectivity index (χ4v) is 3.81. The van der Waals surface area contributed by atoms with Crippen LogP contribution in [0.4, 0.5) is 0 Å². The summed E-state index contributed by atoms with van der Waals surface area (Å²) in [5, 5.41) is 4.47. The highest BCUT2D eigenvalue weighted by Crippen LogP contribution is 2.30. The highest BCUT2D eigenvalue weighted by Gasteiger charge is 2.32. The summed E-state index contributed by atoms with van der Waals surface area (Å²) < 4.78 is 7.82. The summed E-state index contributed by atoms with van der Waals surface area (Å²) >= 11 is 0. The third kappa shape index (κ3) is 4.75. The van der Waals surface area contributed by atoms with Gasteiger partial charge in [0.25, 0.3) is 0 Å². The van der Waals surface area contributed by atoms with Crippen molar-refractivity contribution >= 4 is 5.91 Å². The van der Waals surface area contributed by atoms with E-state index in [1.165, 1.54) is 24.8 Å². The molecule has 5 nitrogen and oxygen atoms in total. The molecule has 2 aromatic rings. The van der Waals surface area contributed by atoms with Crippen LogP contribution in [0.15, 0.2) is 30.3 Å². The quantitative estimate of drug-likeness (QED) is 0.652. The molecular formula is C23H31N3O2. The largest absolute Gasteiger partial charge is 0.493 e. The molecule has 0 aliphatic heterocycles. The van der Waals surface area contributed by atoms with Crippen molar-refractivity contribution in [1.29, 1.82) is 0 Å². The van der Waals surface area contributed by atoms with Gasteiger partial charge in [0.1, 0.15) is 5.75 Å². The first-order valence-corrected chi connectivity index (χ1v) is 10.6. The number of ether oxygens (including phenoxy) is 1. The summed E-state index contributed by atoms with van der Waals surface area (Å²) in [6.07, 6.45) is 6.68. The maximum absolute atomic E-state index is 12.9. The Labute approximate surface area is 167 Å². The summed E-state index contributed by atoms with van der Waals surface area (Å²) in [5.41, 5.74) is 3.28. The molecule has 1 aromatic heterocycles. The molecule has 1 amide bonds. The molecule has 1 heterocycles. The van der Waals surface area contributed by atoms with Crippen molar-refractivity contribution in [3.63, 3.8) is 0 Å². The average Bonchev–Trinajstić information content (AvgIpc) is 3.42. The summed E-state index contributed by atoms with van der Waals surface area (Å²) in [4.78, 5) is 14.9. The van der Waals surface area contributed by atoms with Crippen molar-refractivity contribution in [3.8, 4) is 5.75 Å². The molecule has 0 saturated heterocycles. The zero-order valence-electron chi connectivity index (χ0n) is 17.1. The van der Waals surface area contributed by atoms with Gasteiger partial charge in [-0.15, -0.1) is 0 Å². The lowest BCUT2D eigenvalue weighted by Crippen LogP contribution is -2.33. The molecular weight excluding hydrogens is 350 g/mol. The monoisotopic (exact) mass is 381 g/mol. The maximum atomic E-state index is 12.9. The fourth-order valence-electron chi connectivity index (χ4n) is 3.81. The van der Waals surface area contributed by atoms with Gasteiger partial charge in [0.05, 0.1) is 12.3 Å². The number of hydrogen-bond acceptors (Lipinski definition) is 3. The van der Waals surface area contributed by atoms with Crippen LogP contribution < -0.4 is 4.74 Å². The van der Waals surface area contributed by atoms with Crippen molar-refractivity contribution in [1.82, 2.24) is 14.7 Å². The van der Waals surface area contributed by atoms with Crippen LogP contribution in [-0.4, -0.2) is 33.2 Å². The Balaban J connectivity index is 1.31. The van der Waals surface area contributed by atoms with E-state index in [4.69, 9.17) is 4.74 Å². The highest BCUT2D eigenvalue weighted by molar-refractivity contribution is 5.76. The molecule has 2 aliphatic rings. The molecule has 2 fully saturated rings.